The molecule has 0 aromatic heterocycles. The second-order valence-electron chi connectivity index (χ2n) is 18.1. The molecule has 392 valence electrons. The Balaban J connectivity index is 1.51. The van der Waals surface area contributed by atoms with Crippen molar-refractivity contribution in [1.82, 2.24) is 0 Å². The van der Waals surface area contributed by atoms with E-state index in [4.69, 9.17) is 18.9 Å². The van der Waals surface area contributed by atoms with Gasteiger partial charge >= 0.3 is 0 Å². The van der Waals surface area contributed by atoms with Crippen LogP contribution in [0.4, 0.5) is 0 Å². The molecule has 0 heterocycles. The first-order chi connectivity index (χ1) is 36.5. The minimum absolute atomic E-state index is 0.205. The van der Waals surface area contributed by atoms with Crippen molar-refractivity contribution in [2.45, 2.75) is 51.4 Å². The number of ether oxygens (including phenoxy) is 4. The van der Waals surface area contributed by atoms with Gasteiger partial charge in [-0.05, 0) is 123 Å². The van der Waals surface area contributed by atoms with Gasteiger partial charge in [0.1, 0.15) is 23.0 Å². The van der Waals surface area contributed by atoms with Crippen molar-refractivity contribution in [1.29, 1.82) is 0 Å². The summed E-state index contributed by atoms with van der Waals surface area (Å²) in [7, 11) is 0. The van der Waals surface area contributed by atoms with Crippen molar-refractivity contribution in [2.24, 2.45) is 0 Å². The highest BCUT2D eigenvalue weighted by atomic mass is 16.5. The highest BCUT2D eigenvalue weighted by Crippen LogP contribution is 2.60. The number of fused-ring (bicyclic) bond motifs is 8. The van der Waals surface area contributed by atoms with Gasteiger partial charge in [0.25, 0.3) is 0 Å². The molecule has 16 heteroatoms. The van der Waals surface area contributed by atoms with Crippen LogP contribution in [0.5, 0.6) is 92.0 Å². The van der Waals surface area contributed by atoms with Crippen molar-refractivity contribution < 1.29 is 80.2 Å². The average Bonchev–Trinajstić information content (AvgIpc) is 3.43. The van der Waals surface area contributed by atoms with E-state index in [-0.39, 0.29) is 66.8 Å². The smallest absolute Gasteiger partial charge is 0.200 e. The van der Waals surface area contributed by atoms with E-state index in [1.54, 1.807) is 125 Å². The van der Waals surface area contributed by atoms with Crippen molar-refractivity contribution in [2.75, 3.05) is 26.4 Å². The van der Waals surface area contributed by atoms with Crippen molar-refractivity contribution >= 4 is 0 Å². The van der Waals surface area contributed by atoms with Crippen LogP contribution in [0, 0.1) is 0 Å². The van der Waals surface area contributed by atoms with Gasteiger partial charge in [0.05, 0.1) is 26.4 Å². The van der Waals surface area contributed by atoms with Crippen LogP contribution in [0.3, 0.4) is 0 Å². The van der Waals surface area contributed by atoms with Crippen LogP contribution >= 0.6 is 0 Å². The van der Waals surface area contributed by atoms with Crippen molar-refractivity contribution in [3.05, 3.63) is 188 Å². The molecule has 0 radical (unpaired) electrons. The fourth-order valence-corrected chi connectivity index (χ4v) is 10.3. The van der Waals surface area contributed by atoms with Crippen LogP contribution < -0.4 is 18.9 Å². The molecule has 0 spiro atoms. The highest BCUT2D eigenvalue weighted by molar-refractivity contribution is 5.74. The number of hydrogen-bond acceptors (Lipinski definition) is 16. The molecule has 0 saturated carbocycles. The lowest BCUT2D eigenvalue weighted by Gasteiger charge is -2.30. The summed E-state index contributed by atoms with van der Waals surface area (Å²) < 4.78 is 23.0. The Hall–Kier alpha value is -9.44. The number of aromatic hydroxyl groups is 12. The zero-order valence-electron chi connectivity index (χ0n) is 41.7. The van der Waals surface area contributed by atoms with E-state index < -0.39 is 92.7 Å². The summed E-state index contributed by atoms with van der Waals surface area (Å²) in [4.78, 5) is 0. The molecule has 1 aliphatic carbocycles. The topological polar surface area (TPSA) is 280 Å². The van der Waals surface area contributed by atoms with Gasteiger partial charge in [-0.2, -0.15) is 0 Å². The molecule has 12 N–H and O–H groups in total. The first kappa shape index (κ1) is 51.5. The average molecular weight is 1030 g/mol. The van der Waals surface area contributed by atoms with E-state index in [0.29, 0.717) is 49.4 Å². The molecule has 0 atom stereocenters. The van der Waals surface area contributed by atoms with Gasteiger partial charge in [-0.1, -0.05) is 48.5 Å². The van der Waals surface area contributed by atoms with E-state index in [1.807, 2.05) is 0 Å². The molecule has 0 fully saturated rings. The molecule has 76 heavy (non-hydrogen) atoms. The highest BCUT2D eigenvalue weighted by Gasteiger charge is 2.39. The van der Waals surface area contributed by atoms with Crippen molar-refractivity contribution in [3.63, 3.8) is 0 Å². The molecule has 8 bridgehead atoms. The third kappa shape index (κ3) is 8.97. The molecule has 8 aromatic rings. The predicted molar refractivity (Wildman–Crippen MR) is 280 cm³/mol. The Morgan fingerprint density at radius 1 is 0.237 bits per heavy atom. The van der Waals surface area contributed by atoms with Crippen LogP contribution in [-0.4, -0.2) is 87.7 Å². The van der Waals surface area contributed by atoms with E-state index >= 15 is 0 Å². The molecule has 0 aliphatic heterocycles. The predicted octanol–water partition coefficient (Wildman–Crippen LogP) is 10.8. The standard InChI is InChI=1S/C60H56O16/c1-5-73-33-17-9-29(10-18-33)45-37-25-39(51(63)57(69)49(37)61)46(30-11-19-34(20-12-30)74-6-2)41-27-43(55(67)59(71)53(41)65)48(32-15-23-36(24-16-32)76-8-4)44-28-42(54(66)60(72)56(44)68)47(31-13-21-35(22-14-31)75-7-3)40-26-38(45)50(62)58(70)52(40)64/h9-28,45-48,61-72H,5-8H2,1-4H3. The van der Waals surface area contributed by atoms with Crippen molar-refractivity contribution in [3.8, 4) is 92.0 Å². The number of hydrogen-bond donors (Lipinski definition) is 12. The van der Waals surface area contributed by atoms with E-state index in [0.717, 1.165) is 0 Å². The summed E-state index contributed by atoms with van der Waals surface area (Å²) in [6, 6.07) is 30.9. The maximum Gasteiger partial charge on any atom is 0.200 e. The summed E-state index contributed by atoms with van der Waals surface area (Å²) in [6.45, 7) is 8.38. The SMILES string of the molecule is CCOc1ccc(C2c3cc(c(O)c(O)c3O)C(c3ccc(OCC)cc3)c3cc(c(O)c(O)c3O)C(c3ccc(OCC)cc3)c3cc(c(O)c(O)c3O)C(c3ccc(OCC)cc3)c3cc2c(O)c(O)c3O)cc1. The molecule has 8 aromatic carbocycles. The second kappa shape index (κ2) is 20.8. The Kier molecular flexibility index (Phi) is 14.1. The van der Waals surface area contributed by atoms with Gasteiger partial charge in [0, 0.05) is 68.2 Å². The van der Waals surface area contributed by atoms with E-state index in [1.165, 1.54) is 24.3 Å². The number of phenols is 12. The Morgan fingerprint density at radius 2 is 0.382 bits per heavy atom. The maximum absolute atomic E-state index is 12.2. The lowest BCUT2D eigenvalue weighted by atomic mass is 9.74. The van der Waals surface area contributed by atoms with Crippen LogP contribution in [-0.2, 0) is 0 Å². The molecular weight excluding hydrogens is 977 g/mol. The summed E-state index contributed by atoms with van der Waals surface area (Å²) in [5.74, 6) is -15.3. The van der Waals surface area contributed by atoms with E-state index in [2.05, 4.69) is 0 Å². The third-order valence-corrected chi connectivity index (χ3v) is 13.8. The molecule has 0 amide bonds. The Morgan fingerprint density at radius 3 is 0.513 bits per heavy atom. The van der Waals surface area contributed by atoms with Gasteiger partial charge < -0.3 is 80.2 Å². The quantitative estimate of drug-likeness (QED) is 0.0507. The number of rotatable bonds is 12. The van der Waals surface area contributed by atoms with E-state index in [9.17, 15) is 61.3 Å². The first-order valence-corrected chi connectivity index (χ1v) is 24.5. The Bertz CT molecular complexity index is 2870. The normalized spacial score (nSPS) is 15.9. The minimum atomic E-state index is -1.44. The summed E-state index contributed by atoms with van der Waals surface area (Å²) in [5.41, 5.74) is -0.488. The van der Waals surface area contributed by atoms with Gasteiger partial charge in [0.2, 0.25) is 23.0 Å². The van der Waals surface area contributed by atoms with Gasteiger partial charge in [0.15, 0.2) is 46.0 Å². The largest absolute Gasteiger partial charge is 0.504 e. The number of benzene rings is 8. The molecule has 0 saturated heterocycles. The summed E-state index contributed by atoms with van der Waals surface area (Å²) in [5, 5.41) is 146. The van der Waals surface area contributed by atoms with Crippen LogP contribution in [0.25, 0.3) is 0 Å². The lowest BCUT2D eigenvalue weighted by molar-refractivity contribution is 0.340. The van der Waals surface area contributed by atoms with Gasteiger partial charge in [-0.25, -0.2) is 0 Å². The monoisotopic (exact) mass is 1030 g/mol. The van der Waals surface area contributed by atoms with Crippen LogP contribution in [0.1, 0.15) is 118 Å². The van der Waals surface area contributed by atoms with Gasteiger partial charge in [-0.3, -0.25) is 0 Å². The maximum atomic E-state index is 12.2. The van der Waals surface area contributed by atoms with Crippen LogP contribution in [0.15, 0.2) is 121 Å². The molecule has 1 aliphatic rings. The molecular formula is C60H56O16. The van der Waals surface area contributed by atoms with Crippen LogP contribution in [0.2, 0.25) is 0 Å². The molecule has 16 nitrogen and oxygen atoms in total. The number of phenolic OH excluding ortho intramolecular Hbond substituents is 12. The zero-order valence-corrected chi connectivity index (χ0v) is 41.7. The first-order valence-electron chi connectivity index (χ1n) is 24.5. The third-order valence-electron chi connectivity index (χ3n) is 13.8. The minimum Gasteiger partial charge on any atom is -0.504 e. The zero-order chi connectivity index (χ0) is 54.3. The molecule has 9 rings (SSSR count). The summed E-state index contributed by atoms with van der Waals surface area (Å²) in [6.07, 6.45) is 0. The fourth-order valence-electron chi connectivity index (χ4n) is 10.3. The molecule has 0 unspecified atom stereocenters. The summed E-state index contributed by atoms with van der Waals surface area (Å²) >= 11 is 0. The Labute approximate surface area is 436 Å². The van der Waals surface area contributed by atoms with Gasteiger partial charge in [-0.15, -0.1) is 0 Å². The lowest BCUT2D eigenvalue weighted by Crippen LogP contribution is -2.13. The fraction of sp³-hybridized carbons (Fsp3) is 0.200. The second-order valence-corrected chi connectivity index (χ2v) is 18.1.